The Morgan fingerprint density at radius 1 is 1.30 bits per heavy atom. The first kappa shape index (κ1) is 19.4. The molecule has 4 amide bonds. The number of aryl methyl sites for hydroxylation is 1. The normalized spacial score (nSPS) is 18.6. The van der Waals surface area contributed by atoms with Gasteiger partial charge in [0.1, 0.15) is 5.54 Å². The van der Waals surface area contributed by atoms with E-state index in [4.69, 9.17) is 0 Å². The lowest BCUT2D eigenvalue weighted by Crippen LogP contribution is -2.51. The zero-order chi connectivity index (χ0) is 19.4. The third-order valence-corrected chi connectivity index (χ3v) is 5.60. The topological polar surface area (TPSA) is 124 Å². The molecule has 0 aromatic carbocycles. The summed E-state index contributed by atoms with van der Waals surface area (Å²) in [6, 6.07) is 0.835. The maximum atomic E-state index is 12.6. The molecule has 3 rings (SSSR count). The van der Waals surface area contributed by atoms with Crippen LogP contribution in [0.3, 0.4) is 0 Å². The van der Waals surface area contributed by atoms with E-state index in [1.165, 1.54) is 6.07 Å². The lowest BCUT2D eigenvalue weighted by molar-refractivity contribution is -0.139. The van der Waals surface area contributed by atoms with Crippen molar-refractivity contribution >= 4 is 29.6 Å². The summed E-state index contributed by atoms with van der Waals surface area (Å²) in [5.74, 6) is -0.996. The van der Waals surface area contributed by atoms with Crippen molar-refractivity contribution in [3.8, 4) is 0 Å². The van der Waals surface area contributed by atoms with Gasteiger partial charge in [0.2, 0.25) is 5.91 Å². The number of urea groups is 1. The molecular weight excluding hydrogens is 370 g/mol. The average molecular weight is 393 g/mol. The second-order valence-electron chi connectivity index (χ2n) is 6.83. The Bertz CT molecular complexity index is 803. The fraction of sp³-hybridized carbons (Fsp3) is 0.588. The van der Waals surface area contributed by atoms with E-state index in [-0.39, 0.29) is 11.3 Å². The number of H-pyrrole nitrogens is 1. The molecule has 0 unspecified atom stereocenters. The molecule has 27 heavy (non-hydrogen) atoms. The molecule has 1 saturated carbocycles. The monoisotopic (exact) mass is 393 g/mol. The standard InChI is InChI=1S/C17H23N5O4S/c1-2-6-11-9-12(23)19-15(18-11)27-10-13(24)21-22-14(25)17(20-16(22)26)7-4-3-5-8-17/h9H,2-8,10H2,1H3,(H,20,26)(H,21,24)(H,18,19,23). The zero-order valence-corrected chi connectivity index (χ0v) is 16.0. The minimum atomic E-state index is -0.878. The van der Waals surface area contributed by atoms with Crippen molar-refractivity contribution in [2.75, 3.05) is 5.75 Å². The van der Waals surface area contributed by atoms with Crippen molar-refractivity contribution < 1.29 is 14.4 Å². The van der Waals surface area contributed by atoms with E-state index in [1.807, 2.05) is 6.92 Å². The van der Waals surface area contributed by atoms with E-state index in [9.17, 15) is 19.2 Å². The number of carbonyl (C=O) groups is 3. The molecule has 2 aliphatic rings. The second-order valence-corrected chi connectivity index (χ2v) is 7.79. The molecule has 3 N–H and O–H groups in total. The number of nitrogens with one attached hydrogen (secondary N) is 3. The number of carbonyl (C=O) groups excluding carboxylic acids is 3. The highest BCUT2D eigenvalue weighted by Crippen LogP contribution is 2.33. The zero-order valence-electron chi connectivity index (χ0n) is 15.2. The van der Waals surface area contributed by atoms with E-state index in [1.54, 1.807) is 0 Å². The van der Waals surface area contributed by atoms with Crippen LogP contribution in [0.5, 0.6) is 0 Å². The van der Waals surface area contributed by atoms with Crippen LogP contribution in [0.2, 0.25) is 0 Å². The molecule has 10 heteroatoms. The fourth-order valence-corrected chi connectivity index (χ4v) is 4.13. The molecule has 1 saturated heterocycles. The van der Waals surface area contributed by atoms with Crippen LogP contribution in [0, 0.1) is 0 Å². The summed E-state index contributed by atoms with van der Waals surface area (Å²) in [5, 5.41) is 3.84. The number of hydrazine groups is 1. The maximum Gasteiger partial charge on any atom is 0.344 e. The summed E-state index contributed by atoms with van der Waals surface area (Å²) in [6.07, 6.45) is 5.50. The molecule has 1 spiro atoms. The van der Waals surface area contributed by atoms with Gasteiger partial charge in [-0.1, -0.05) is 44.4 Å². The molecule has 1 aliphatic carbocycles. The van der Waals surface area contributed by atoms with Gasteiger partial charge < -0.3 is 10.3 Å². The van der Waals surface area contributed by atoms with E-state index in [0.29, 0.717) is 30.1 Å². The van der Waals surface area contributed by atoms with Gasteiger partial charge in [-0.05, 0) is 19.3 Å². The summed E-state index contributed by atoms with van der Waals surface area (Å²) < 4.78 is 0. The van der Waals surface area contributed by atoms with Crippen molar-refractivity contribution in [1.29, 1.82) is 0 Å². The molecule has 9 nitrogen and oxygen atoms in total. The first-order valence-electron chi connectivity index (χ1n) is 9.13. The van der Waals surface area contributed by atoms with Crippen LogP contribution < -0.4 is 16.3 Å². The number of thioether (sulfide) groups is 1. The van der Waals surface area contributed by atoms with E-state index in [0.717, 1.165) is 42.5 Å². The fourth-order valence-electron chi connectivity index (χ4n) is 3.44. The first-order valence-corrected chi connectivity index (χ1v) is 10.1. The second kappa shape index (κ2) is 8.12. The highest BCUT2D eigenvalue weighted by Gasteiger charge is 2.52. The van der Waals surface area contributed by atoms with Crippen LogP contribution in [-0.4, -0.2) is 44.1 Å². The van der Waals surface area contributed by atoms with Crippen molar-refractivity contribution in [2.24, 2.45) is 0 Å². The minimum absolute atomic E-state index is 0.0808. The van der Waals surface area contributed by atoms with Crippen LogP contribution in [0.1, 0.15) is 51.1 Å². The van der Waals surface area contributed by atoms with Crippen LogP contribution in [0.25, 0.3) is 0 Å². The largest absolute Gasteiger partial charge is 0.344 e. The first-order chi connectivity index (χ1) is 12.9. The van der Waals surface area contributed by atoms with Crippen LogP contribution >= 0.6 is 11.8 Å². The van der Waals surface area contributed by atoms with Crippen molar-refractivity contribution in [3.63, 3.8) is 0 Å². The van der Waals surface area contributed by atoms with Gasteiger partial charge in [0.25, 0.3) is 11.5 Å². The quantitative estimate of drug-likeness (QED) is 0.378. The number of rotatable bonds is 6. The number of aromatic amines is 1. The minimum Gasteiger partial charge on any atom is -0.322 e. The molecule has 2 heterocycles. The lowest BCUT2D eigenvalue weighted by atomic mass is 9.82. The SMILES string of the molecule is CCCc1cc(=O)[nH]c(SCC(=O)NN2C(=O)NC3(CCCCC3)C2=O)n1. The Morgan fingerprint density at radius 2 is 2.04 bits per heavy atom. The lowest BCUT2D eigenvalue weighted by Gasteiger charge is -2.30. The maximum absolute atomic E-state index is 12.6. The summed E-state index contributed by atoms with van der Waals surface area (Å²) in [5.41, 5.74) is 1.88. The van der Waals surface area contributed by atoms with Gasteiger partial charge in [-0.15, -0.1) is 0 Å². The Kier molecular flexibility index (Phi) is 5.83. The molecule has 1 aromatic rings. The van der Waals surface area contributed by atoms with Gasteiger partial charge in [0, 0.05) is 11.8 Å². The van der Waals surface area contributed by atoms with E-state index < -0.39 is 23.4 Å². The van der Waals surface area contributed by atoms with Crippen molar-refractivity contribution in [1.82, 2.24) is 25.7 Å². The smallest absolute Gasteiger partial charge is 0.322 e. The number of hydrogen-bond acceptors (Lipinski definition) is 6. The van der Waals surface area contributed by atoms with Crippen LogP contribution in [0.15, 0.2) is 16.0 Å². The number of aromatic nitrogens is 2. The molecule has 1 aliphatic heterocycles. The number of imide groups is 1. The summed E-state index contributed by atoms with van der Waals surface area (Å²) in [6.45, 7) is 1.99. The summed E-state index contributed by atoms with van der Waals surface area (Å²) in [7, 11) is 0. The summed E-state index contributed by atoms with van der Waals surface area (Å²) in [4.78, 5) is 55.5. The van der Waals surface area contributed by atoms with E-state index >= 15 is 0 Å². The number of hydrogen-bond donors (Lipinski definition) is 3. The van der Waals surface area contributed by atoms with Crippen molar-refractivity contribution in [2.45, 2.75) is 62.6 Å². The highest BCUT2D eigenvalue weighted by molar-refractivity contribution is 7.99. The highest BCUT2D eigenvalue weighted by atomic mass is 32.2. The van der Waals surface area contributed by atoms with Gasteiger partial charge >= 0.3 is 6.03 Å². The van der Waals surface area contributed by atoms with Gasteiger partial charge in [-0.2, -0.15) is 5.01 Å². The molecule has 2 fully saturated rings. The van der Waals surface area contributed by atoms with Crippen LogP contribution in [0.4, 0.5) is 4.79 Å². The Labute approximate surface area is 160 Å². The molecule has 1 aromatic heterocycles. The van der Waals surface area contributed by atoms with Crippen molar-refractivity contribution in [3.05, 3.63) is 22.1 Å². The Morgan fingerprint density at radius 3 is 2.74 bits per heavy atom. The predicted molar refractivity (Wildman–Crippen MR) is 98.9 cm³/mol. The molecule has 0 bridgehead atoms. The van der Waals surface area contributed by atoms with Gasteiger partial charge in [-0.3, -0.25) is 19.8 Å². The number of nitrogens with zero attached hydrogens (tertiary/aromatic N) is 2. The van der Waals surface area contributed by atoms with Gasteiger partial charge in [0.15, 0.2) is 5.16 Å². The molecular formula is C17H23N5O4S. The average Bonchev–Trinajstić information content (AvgIpc) is 2.84. The third kappa shape index (κ3) is 4.32. The molecule has 0 radical (unpaired) electrons. The van der Waals surface area contributed by atoms with Gasteiger partial charge in [0.05, 0.1) is 5.75 Å². The Hall–Kier alpha value is -2.36. The Balaban J connectivity index is 1.59. The molecule has 146 valence electrons. The van der Waals surface area contributed by atoms with Gasteiger partial charge in [-0.25, -0.2) is 9.78 Å². The van der Waals surface area contributed by atoms with E-state index in [2.05, 4.69) is 20.7 Å². The third-order valence-electron chi connectivity index (χ3n) is 4.72. The predicted octanol–water partition coefficient (Wildman–Crippen LogP) is 1.10. The molecule has 0 atom stereocenters. The summed E-state index contributed by atoms with van der Waals surface area (Å²) >= 11 is 1.05. The van der Waals surface area contributed by atoms with Crippen LogP contribution in [-0.2, 0) is 16.0 Å². The number of amides is 4.